The Hall–Kier alpha value is -3.02. The molecule has 1 N–H and O–H groups in total. The molecule has 0 radical (unpaired) electrons. The van der Waals surface area contributed by atoms with E-state index in [2.05, 4.69) is 38.8 Å². The van der Waals surface area contributed by atoms with E-state index in [1.54, 1.807) is 30.2 Å². The number of fused-ring (bicyclic) bond motifs is 1. The Balaban J connectivity index is 1.57. The Bertz CT molecular complexity index is 946. The van der Waals surface area contributed by atoms with Crippen molar-refractivity contribution in [3.05, 3.63) is 65.2 Å². The number of aromatic nitrogens is 4. The van der Waals surface area contributed by atoms with E-state index in [9.17, 15) is 4.79 Å². The summed E-state index contributed by atoms with van der Waals surface area (Å²) in [5, 5.41) is 15.2. The zero-order valence-electron chi connectivity index (χ0n) is 14.2. The lowest BCUT2D eigenvalue weighted by atomic mass is 10.0. The fourth-order valence-electron chi connectivity index (χ4n) is 3.41. The highest BCUT2D eigenvalue weighted by Crippen LogP contribution is 2.34. The first-order valence-corrected chi connectivity index (χ1v) is 8.33. The number of amides is 1. The predicted octanol–water partition coefficient (Wildman–Crippen LogP) is 2.60. The molecule has 6 nitrogen and oxygen atoms in total. The van der Waals surface area contributed by atoms with E-state index in [-0.39, 0.29) is 11.9 Å². The molecule has 0 fully saturated rings. The van der Waals surface area contributed by atoms with Gasteiger partial charge in [-0.15, -0.1) is 0 Å². The summed E-state index contributed by atoms with van der Waals surface area (Å²) in [5.74, 6) is -0.0871. The van der Waals surface area contributed by atoms with Gasteiger partial charge in [0.2, 0.25) is 0 Å². The maximum absolute atomic E-state index is 12.4. The van der Waals surface area contributed by atoms with Gasteiger partial charge in [-0.2, -0.15) is 15.3 Å². The van der Waals surface area contributed by atoms with Crippen molar-refractivity contribution in [2.75, 3.05) is 0 Å². The van der Waals surface area contributed by atoms with Gasteiger partial charge in [-0.25, -0.2) is 0 Å². The third-order valence-electron chi connectivity index (χ3n) is 4.69. The van der Waals surface area contributed by atoms with Gasteiger partial charge >= 0.3 is 0 Å². The molecule has 25 heavy (non-hydrogen) atoms. The molecule has 1 aliphatic carbocycles. The van der Waals surface area contributed by atoms with Gasteiger partial charge < -0.3 is 5.32 Å². The van der Waals surface area contributed by atoms with Gasteiger partial charge in [0.1, 0.15) is 5.69 Å². The molecule has 1 atom stereocenters. The van der Waals surface area contributed by atoms with Crippen LogP contribution in [-0.2, 0) is 13.5 Å². The predicted molar refractivity (Wildman–Crippen MR) is 93.9 cm³/mol. The highest BCUT2D eigenvalue weighted by atomic mass is 16.2. The largest absolute Gasteiger partial charge is 0.344 e. The van der Waals surface area contributed by atoms with Gasteiger partial charge in [0.15, 0.2) is 0 Å². The Morgan fingerprint density at radius 2 is 2.12 bits per heavy atom. The number of hydrogen-bond donors (Lipinski definition) is 1. The standard InChI is InChI=1S/C19H19N5O/c1-12-9-15(11-20-23-12)13-3-5-16-14(10-13)4-6-17(16)22-19(25)18-7-8-21-24(18)2/h3,5,7-11,17H,4,6H2,1-2H3,(H,22,25). The van der Waals surface area contributed by atoms with Crippen molar-refractivity contribution in [2.45, 2.75) is 25.8 Å². The molecule has 6 heteroatoms. The quantitative estimate of drug-likeness (QED) is 0.800. The monoisotopic (exact) mass is 333 g/mol. The van der Waals surface area contributed by atoms with Gasteiger partial charge in [-0.05, 0) is 48.6 Å². The van der Waals surface area contributed by atoms with Crippen LogP contribution in [0, 0.1) is 6.92 Å². The SMILES string of the molecule is Cc1cc(-c2ccc3c(c2)CCC3NC(=O)c2ccnn2C)cnn1. The Kier molecular flexibility index (Phi) is 3.80. The van der Waals surface area contributed by atoms with Crippen LogP contribution in [0.3, 0.4) is 0 Å². The Morgan fingerprint density at radius 3 is 2.88 bits per heavy atom. The Labute approximate surface area is 145 Å². The van der Waals surface area contributed by atoms with E-state index in [0.29, 0.717) is 5.69 Å². The summed E-state index contributed by atoms with van der Waals surface area (Å²) in [4.78, 5) is 12.4. The van der Waals surface area contributed by atoms with Crippen molar-refractivity contribution in [2.24, 2.45) is 7.05 Å². The molecule has 0 spiro atoms. The number of carbonyl (C=O) groups excluding carboxylic acids is 1. The van der Waals surface area contributed by atoms with Crippen LogP contribution in [0.15, 0.2) is 42.7 Å². The van der Waals surface area contributed by atoms with Crippen molar-refractivity contribution < 1.29 is 4.79 Å². The molecule has 1 aromatic carbocycles. The van der Waals surface area contributed by atoms with Crippen molar-refractivity contribution >= 4 is 5.91 Å². The third-order valence-corrected chi connectivity index (χ3v) is 4.69. The summed E-state index contributed by atoms with van der Waals surface area (Å²) in [6, 6.07) is 10.2. The molecule has 1 aliphatic rings. The molecular weight excluding hydrogens is 314 g/mol. The molecule has 0 aliphatic heterocycles. The first-order valence-electron chi connectivity index (χ1n) is 8.33. The second-order valence-corrected chi connectivity index (χ2v) is 6.40. The maximum Gasteiger partial charge on any atom is 0.270 e. The fourth-order valence-corrected chi connectivity index (χ4v) is 3.41. The zero-order chi connectivity index (χ0) is 17.4. The minimum Gasteiger partial charge on any atom is -0.344 e. The lowest BCUT2D eigenvalue weighted by molar-refractivity contribution is 0.0927. The second kappa shape index (κ2) is 6.12. The number of aryl methyl sites for hydroxylation is 3. The molecule has 2 heterocycles. The number of nitrogens with zero attached hydrogens (tertiary/aromatic N) is 4. The number of benzene rings is 1. The maximum atomic E-state index is 12.4. The van der Waals surface area contributed by atoms with E-state index in [1.165, 1.54) is 11.1 Å². The average Bonchev–Trinajstić information content (AvgIpc) is 3.21. The average molecular weight is 333 g/mol. The summed E-state index contributed by atoms with van der Waals surface area (Å²) in [6.45, 7) is 1.94. The minimum atomic E-state index is -0.0871. The van der Waals surface area contributed by atoms with Crippen LogP contribution < -0.4 is 5.32 Å². The van der Waals surface area contributed by atoms with Gasteiger partial charge in [0.25, 0.3) is 5.91 Å². The van der Waals surface area contributed by atoms with Crippen LogP contribution in [0.4, 0.5) is 0 Å². The molecule has 1 amide bonds. The lowest BCUT2D eigenvalue weighted by Gasteiger charge is -2.14. The normalized spacial score (nSPS) is 15.8. The molecule has 0 bridgehead atoms. The minimum absolute atomic E-state index is 0.0451. The molecule has 2 aromatic heterocycles. The van der Waals surface area contributed by atoms with Crippen LogP contribution in [-0.4, -0.2) is 25.9 Å². The first-order chi connectivity index (χ1) is 12.1. The van der Waals surface area contributed by atoms with Crippen molar-refractivity contribution in [3.63, 3.8) is 0 Å². The first kappa shape index (κ1) is 15.5. The highest BCUT2D eigenvalue weighted by Gasteiger charge is 2.25. The van der Waals surface area contributed by atoms with E-state index in [1.807, 2.05) is 13.0 Å². The lowest BCUT2D eigenvalue weighted by Crippen LogP contribution is -2.28. The topological polar surface area (TPSA) is 72.7 Å². The highest BCUT2D eigenvalue weighted by molar-refractivity contribution is 5.92. The third kappa shape index (κ3) is 2.91. The number of nitrogens with one attached hydrogen (secondary N) is 1. The number of rotatable bonds is 3. The smallest absolute Gasteiger partial charge is 0.270 e. The van der Waals surface area contributed by atoms with Crippen LogP contribution in [0.5, 0.6) is 0 Å². The van der Waals surface area contributed by atoms with Gasteiger partial charge in [0, 0.05) is 18.8 Å². The summed E-state index contributed by atoms with van der Waals surface area (Å²) < 4.78 is 1.59. The zero-order valence-corrected chi connectivity index (χ0v) is 14.2. The van der Waals surface area contributed by atoms with Crippen LogP contribution in [0.1, 0.15) is 39.8 Å². The van der Waals surface area contributed by atoms with Crippen molar-refractivity contribution in [1.82, 2.24) is 25.3 Å². The van der Waals surface area contributed by atoms with Gasteiger partial charge in [0.05, 0.1) is 17.9 Å². The van der Waals surface area contributed by atoms with Gasteiger partial charge in [-0.1, -0.05) is 18.2 Å². The number of hydrogen-bond acceptors (Lipinski definition) is 4. The molecular formula is C19H19N5O. The Morgan fingerprint density at radius 1 is 1.24 bits per heavy atom. The molecule has 126 valence electrons. The van der Waals surface area contributed by atoms with Crippen molar-refractivity contribution in [3.8, 4) is 11.1 Å². The molecule has 0 saturated heterocycles. The van der Waals surface area contributed by atoms with E-state index >= 15 is 0 Å². The summed E-state index contributed by atoms with van der Waals surface area (Å²) in [5.41, 5.74) is 6.15. The summed E-state index contributed by atoms with van der Waals surface area (Å²) in [6.07, 6.45) is 5.28. The second-order valence-electron chi connectivity index (χ2n) is 6.40. The van der Waals surface area contributed by atoms with Crippen molar-refractivity contribution in [1.29, 1.82) is 0 Å². The molecule has 1 unspecified atom stereocenters. The van der Waals surface area contributed by atoms with Crippen LogP contribution in [0.25, 0.3) is 11.1 Å². The molecule has 0 saturated carbocycles. The van der Waals surface area contributed by atoms with E-state index < -0.39 is 0 Å². The summed E-state index contributed by atoms with van der Waals surface area (Å²) in [7, 11) is 1.77. The fraction of sp³-hybridized carbons (Fsp3) is 0.263. The number of carbonyl (C=O) groups is 1. The van der Waals surface area contributed by atoms with E-state index in [4.69, 9.17) is 0 Å². The summed E-state index contributed by atoms with van der Waals surface area (Å²) >= 11 is 0. The molecule has 3 aromatic rings. The van der Waals surface area contributed by atoms with Crippen LogP contribution >= 0.6 is 0 Å². The van der Waals surface area contributed by atoms with Gasteiger partial charge in [-0.3, -0.25) is 9.48 Å². The van der Waals surface area contributed by atoms with Crippen LogP contribution in [0.2, 0.25) is 0 Å². The molecule has 4 rings (SSSR count). The van der Waals surface area contributed by atoms with E-state index in [0.717, 1.165) is 29.7 Å².